The van der Waals surface area contributed by atoms with Crippen molar-refractivity contribution in [1.82, 2.24) is 9.78 Å². The van der Waals surface area contributed by atoms with E-state index in [1.54, 1.807) is 13.2 Å². The lowest BCUT2D eigenvalue weighted by Crippen LogP contribution is -2.09. The highest BCUT2D eigenvalue weighted by atomic mass is 16.5. The second-order valence-electron chi connectivity index (χ2n) is 5.23. The van der Waals surface area contributed by atoms with Crippen LogP contribution in [-0.4, -0.2) is 22.0 Å². The molecular formula is C16H23N3O2. The van der Waals surface area contributed by atoms with Gasteiger partial charge in [-0.15, -0.1) is 0 Å². The standard InChI is InChI=1S/C16H23N3O2/c1-4-11(2)19-9-8-12(18-19)10-14(20)13-6-5-7-15(21-3)16(13)17/h5-9,11,14,20H,4,10,17H2,1-3H3. The van der Waals surface area contributed by atoms with Gasteiger partial charge in [0.15, 0.2) is 0 Å². The zero-order valence-corrected chi connectivity index (χ0v) is 12.8. The Morgan fingerprint density at radius 2 is 2.14 bits per heavy atom. The van der Waals surface area contributed by atoms with Crippen LogP contribution in [0.3, 0.4) is 0 Å². The largest absolute Gasteiger partial charge is 0.495 e. The lowest BCUT2D eigenvalue weighted by atomic mass is 10.0. The summed E-state index contributed by atoms with van der Waals surface area (Å²) in [5.74, 6) is 0.580. The van der Waals surface area contributed by atoms with Crippen molar-refractivity contribution in [2.24, 2.45) is 0 Å². The van der Waals surface area contributed by atoms with Crippen LogP contribution < -0.4 is 10.5 Å². The average molecular weight is 289 g/mol. The highest BCUT2D eigenvalue weighted by Gasteiger charge is 2.16. The Morgan fingerprint density at radius 1 is 1.38 bits per heavy atom. The molecule has 5 nitrogen and oxygen atoms in total. The van der Waals surface area contributed by atoms with E-state index in [0.29, 0.717) is 29.5 Å². The molecule has 1 aromatic carbocycles. The minimum atomic E-state index is -0.694. The molecule has 2 rings (SSSR count). The van der Waals surface area contributed by atoms with Crippen LogP contribution in [0.4, 0.5) is 5.69 Å². The van der Waals surface area contributed by atoms with Crippen molar-refractivity contribution in [2.75, 3.05) is 12.8 Å². The number of nitrogens with two attached hydrogens (primary N) is 1. The Hall–Kier alpha value is -2.01. The van der Waals surface area contributed by atoms with Crippen molar-refractivity contribution in [1.29, 1.82) is 0 Å². The van der Waals surface area contributed by atoms with Gasteiger partial charge < -0.3 is 15.6 Å². The van der Waals surface area contributed by atoms with Gasteiger partial charge in [0, 0.05) is 24.2 Å². The summed E-state index contributed by atoms with van der Waals surface area (Å²) in [4.78, 5) is 0. The summed E-state index contributed by atoms with van der Waals surface area (Å²) in [6, 6.07) is 7.71. The third-order valence-electron chi connectivity index (χ3n) is 3.79. The number of aliphatic hydroxyl groups is 1. The summed E-state index contributed by atoms with van der Waals surface area (Å²) in [5.41, 5.74) is 8.02. The number of anilines is 1. The van der Waals surface area contributed by atoms with Crippen LogP contribution in [0.15, 0.2) is 30.5 Å². The van der Waals surface area contributed by atoms with Crippen molar-refractivity contribution in [3.8, 4) is 5.75 Å². The van der Waals surface area contributed by atoms with E-state index in [-0.39, 0.29) is 0 Å². The lowest BCUT2D eigenvalue weighted by Gasteiger charge is -2.15. The number of hydrogen-bond donors (Lipinski definition) is 2. The van der Waals surface area contributed by atoms with E-state index >= 15 is 0 Å². The SMILES string of the molecule is CCC(C)n1ccc(CC(O)c2cccc(OC)c2N)n1. The van der Waals surface area contributed by atoms with Crippen LogP contribution in [0.2, 0.25) is 0 Å². The maximum atomic E-state index is 10.4. The summed E-state index contributed by atoms with van der Waals surface area (Å²) in [6.07, 6.45) is 2.71. The number of nitrogens with zero attached hydrogens (tertiary/aromatic N) is 2. The van der Waals surface area contributed by atoms with Gasteiger partial charge in [0.05, 0.1) is 24.6 Å². The second kappa shape index (κ2) is 6.63. The summed E-state index contributed by atoms with van der Waals surface area (Å²) in [5, 5.41) is 14.9. The Kier molecular flexibility index (Phi) is 4.85. The molecule has 0 fully saturated rings. The second-order valence-corrected chi connectivity index (χ2v) is 5.23. The molecule has 3 N–H and O–H groups in total. The molecule has 2 aromatic rings. The van der Waals surface area contributed by atoms with Crippen LogP contribution in [0.1, 0.15) is 43.7 Å². The molecule has 0 aliphatic heterocycles. The molecule has 0 aliphatic rings. The van der Waals surface area contributed by atoms with Gasteiger partial charge in [-0.3, -0.25) is 4.68 Å². The number of nitrogen functional groups attached to an aromatic ring is 1. The molecule has 114 valence electrons. The number of methoxy groups -OCH3 is 1. The maximum Gasteiger partial charge on any atom is 0.142 e. The highest BCUT2D eigenvalue weighted by molar-refractivity contribution is 5.59. The Morgan fingerprint density at radius 3 is 2.81 bits per heavy atom. The van der Waals surface area contributed by atoms with Gasteiger partial charge in [-0.05, 0) is 25.5 Å². The van der Waals surface area contributed by atoms with E-state index in [2.05, 4.69) is 18.9 Å². The molecule has 2 atom stereocenters. The Bertz CT molecular complexity index is 595. The summed E-state index contributed by atoms with van der Waals surface area (Å²) >= 11 is 0. The fourth-order valence-corrected chi connectivity index (χ4v) is 2.26. The van der Waals surface area contributed by atoms with E-state index in [1.807, 2.05) is 29.1 Å². The van der Waals surface area contributed by atoms with E-state index in [4.69, 9.17) is 10.5 Å². The molecule has 1 heterocycles. The Labute approximate surface area is 125 Å². The van der Waals surface area contributed by atoms with E-state index < -0.39 is 6.10 Å². The van der Waals surface area contributed by atoms with Crippen molar-refractivity contribution in [3.63, 3.8) is 0 Å². The zero-order chi connectivity index (χ0) is 15.4. The lowest BCUT2D eigenvalue weighted by molar-refractivity contribution is 0.177. The van der Waals surface area contributed by atoms with Gasteiger partial charge in [-0.1, -0.05) is 19.1 Å². The third kappa shape index (κ3) is 3.36. The number of benzene rings is 1. The Balaban J connectivity index is 2.14. The molecule has 0 saturated carbocycles. The number of hydrogen-bond acceptors (Lipinski definition) is 4. The molecule has 0 spiro atoms. The first-order valence-corrected chi connectivity index (χ1v) is 7.21. The van der Waals surface area contributed by atoms with E-state index in [1.165, 1.54) is 0 Å². The molecule has 21 heavy (non-hydrogen) atoms. The van der Waals surface area contributed by atoms with Gasteiger partial charge in [0.2, 0.25) is 0 Å². The molecule has 0 bridgehead atoms. The smallest absolute Gasteiger partial charge is 0.142 e. The first-order chi connectivity index (χ1) is 10.1. The molecule has 0 amide bonds. The van der Waals surface area contributed by atoms with Gasteiger partial charge in [-0.2, -0.15) is 5.10 Å². The molecule has 1 aromatic heterocycles. The minimum Gasteiger partial charge on any atom is -0.495 e. The molecule has 0 aliphatic carbocycles. The number of ether oxygens (including phenoxy) is 1. The maximum absolute atomic E-state index is 10.4. The number of rotatable bonds is 6. The number of aromatic nitrogens is 2. The van der Waals surface area contributed by atoms with Crippen LogP contribution in [0, 0.1) is 0 Å². The van der Waals surface area contributed by atoms with Crippen LogP contribution in [-0.2, 0) is 6.42 Å². The molecule has 5 heteroatoms. The number of aliphatic hydroxyl groups excluding tert-OH is 1. The fourth-order valence-electron chi connectivity index (χ4n) is 2.26. The molecular weight excluding hydrogens is 266 g/mol. The van der Waals surface area contributed by atoms with Crippen molar-refractivity contribution < 1.29 is 9.84 Å². The first kappa shape index (κ1) is 15.4. The normalized spacial score (nSPS) is 13.9. The van der Waals surface area contributed by atoms with Crippen molar-refractivity contribution in [2.45, 2.75) is 38.8 Å². The topological polar surface area (TPSA) is 73.3 Å². The first-order valence-electron chi connectivity index (χ1n) is 7.21. The summed E-state index contributed by atoms with van der Waals surface area (Å²) in [6.45, 7) is 4.24. The summed E-state index contributed by atoms with van der Waals surface area (Å²) < 4.78 is 7.11. The minimum absolute atomic E-state index is 0.359. The average Bonchev–Trinajstić information content (AvgIpc) is 2.95. The van der Waals surface area contributed by atoms with Gasteiger partial charge in [0.25, 0.3) is 0 Å². The van der Waals surface area contributed by atoms with Crippen molar-refractivity contribution in [3.05, 3.63) is 41.7 Å². The highest BCUT2D eigenvalue weighted by Crippen LogP contribution is 2.30. The summed E-state index contributed by atoms with van der Waals surface area (Å²) in [7, 11) is 1.57. The van der Waals surface area contributed by atoms with Crippen LogP contribution >= 0.6 is 0 Å². The van der Waals surface area contributed by atoms with Gasteiger partial charge in [0.1, 0.15) is 5.75 Å². The molecule has 0 radical (unpaired) electrons. The fraction of sp³-hybridized carbons (Fsp3) is 0.438. The zero-order valence-electron chi connectivity index (χ0n) is 12.8. The van der Waals surface area contributed by atoms with Crippen molar-refractivity contribution >= 4 is 5.69 Å². The third-order valence-corrected chi connectivity index (χ3v) is 3.79. The van der Waals surface area contributed by atoms with Crippen LogP contribution in [0.5, 0.6) is 5.75 Å². The van der Waals surface area contributed by atoms with E-state index in [9.17, 15) is 5.11 Å². The monoisotopic (exact) mass is 289 g/mol. The predicted molar refractivity (Wildman–Crippen MR) is 83.3 cm³/mol. The van der Waals surface area contributed by atoms with Crippen LogP contribution in [0.25, 0.3) is 0 Å². The van der Waals surface area contributed by atoms with Gasteiger partial charge >= 0.3 is 0 Å². The molecule has 2 unspecified atom stereocenters. The van der Waals surface area contributed by atoms with Gasteiger partial charge in [-0.25, -0.2) is 0 Å². The molecule has 0 saturated heterocycles. The number of para-hydroxylation sites is 1. The van der Waals surface area contributed by atoms with E-state index in [0.717, 1.165) is 12.1 Å². The quantitative estimate of drug-likeness (QED) is 0.802. The predicted octanol–water partition coefficient (Wildman–Crippen LogP) is 2.72.